The maximum absolute atomic E-state index is 13.0. The summed E-state index contributed by atoms with van der Waals surface area (Å²) in [5.74, 6) is -1.97. The fourth-order valence-electron chi connectivity index (χ4n) is 2.60. The Morgan fingerprint density at radius 2 is 1.74 bits per heavy atom. The highest BCUT2D eigenvalue weighted by Gasteiger charge is 2.33. The van der Waals surface area contributed by atoms with Gasteiger partial charge in [0.15, 0.2) is 6.61 Å². The van der Waals surface area contributed by atoms with E-state index in [0.29, 0.717) is 5.56 Å². The summed E-state index contributed by atoms with van der Waals surface area (Å²) < 4.78 is 70.8. The van der Waals surface area contributed by atoms with Crippen LogP contribution in [0.3, 0.4) is 0 Å². The van der Waals surface area contributed by atoms with E-state index in [4.69, 9.17) is 4.74 Å². The van der Waals surface area contributed by atoms with E-state index in [1.807, 2.05) is 0 Å². The van der Waals surface area contributed by atoms with Crippen molar-refractivity contribution in [3.8, 4) is 0 Å². The van der Waals surface area contributed by atoms with Crippen LogP contribution in [0, 0.1) is 6.92 Å². The number of amides is 1. The third-order valence-electron chi connectivity index (χ3n) is 3.97. The Hall–Kier alpha value is -2.92. The van der Waals surface area contributed by atoms with E-state index in [1.165, 1.54) is 24.3 Å². The normalized spacial score (nSPS) is 12.0. The van der Waals surface area contributed by atoms with Gasteiger partial charge < -0.3 is 10.1 Å². The van der Waals surface area contributed by atoms with Crippen LogP contribution in [0.2, 0.25) is 0 Å². The van der Waals surface area contributed by atoms with Crippen molar-refractivity contribution in [2.75, 3.05) is 11.9 Å². The van der Waals surface area contributed by atoms with E-state index in [2.05, 4.69) is 10.0 Å². The molecule has 7 nitrogen and oxygen atoms in total. The zero-order chi connectivity index (χ0) is 23.4. The molecule has 0 saturated carbocycles. The molecule has 0 atom stereocenters. The minimum Gasteiger partial charge on any atom is -0.452 e. The SMILES string of the molecule is Cc1ccc(S(=O)(=O)NC(C)C)cc1C(=O)OCC(=O)Nc1ccccc1C(F)(F)F. The number of anilines is 1. The van der Waals surface area contributed by atoms with Gasteiger partial charge in [0.05, 0.1) is 21.7 Å². The van der Waals surface area contributed by atoms with Crippen molar-refractivity contribution < 1.29 is 35.9 Å². The lowest BCUT2D eigenvalue weighted by Crippen LogP contribution is -2.30. The molecule has 0 aromatic heterocycles. The fourth-order valence-corrected chi connectivity index (χ4v) is 3.88. The first kappa shape index (κ1) is 24.4. The van der Waals surface area contributed by atoms with E-state index in [1.54, 1.807) is 20.8 Å². The van der Waals surface area contributed by atoms with Crippen LogP contribution in [0.4, 0.5) is 18.9 Å². The monoisotopic (exact) mass is 458 g/mol. The van der Waals surface area contributed by atoms with Gasteiger partial charge in [0.1, 0.15) is 0 Å². The number of aryl methyl sites for hydroxylation is 1. The highest BCUT2D eigenvalue weighted by molar-refractivity contribution is 7.89. The number of hydrogen-bond acceptors (Lipinski definition) is 5. The summed E-state index contributed by atoms with van der Waals surface area (Å²) in [6, 6.07) is 7.84. The lowest BCUT2D eigenvalue weighted by Gasteiger charge is -2.14. The number of halogens is 3. The molecular weight excluding hydrogens is 437 g/mol. The van der Waals surface area contributed by atoms with Gasteiger partial charge in [0.2, 0.25) is 10.0 Å². The number of rotatable bonds is 7. The van der Waals surface area contributed by atoms with Gasteiger partial charge in [-0.25, -0.2) is 17.9 Å². The van der Waals surface area contributed by atoms with Crippen LogP contribution in [-0.2, 0) is 25.7 Å². The molecule has 0 heterocycles. The molecule has 0 aliphatic rings. The van der Waals surface area contributed by atoms with Crippen LogP contribution in [0.25, 0.3) is 0 Å². The van der Waals surface area contributed by atoms with Crippen molar-refractivity contribution in [2.45, 2.75) is 37.9 Å². The Balaban J connectivity index is 2.12. The fraction of sp³-hybridized carbons (Fsp3) is 0.300. The number of alkyl halides is 3. The van der Waals surface area contributed by atoms with Crippen molar-refractivity contribution in [2.24, 2.45) is 0 Å². The van der Waals surface area contributed by atoms with Crippen molar-refractivity contribution in [3.05, 3.63) is 59.2 Å². The molecular formula is C20H21F3N2O5S. The topological polar surface area (TPSA) is 102 Å². The summed E-state index contributed by atoms with van der Waals surface area (Å²) in [6.45, 7) is 3.96. The minimum atomic E-state index is -4.67. The summed E-state index contributed by atoms with van der Waals surface area (Å²) in [7, 11) is -3.87. The molecule has 1 amide bonds. The number of esters is 1. The smallest absolute Gasteiger partial charge is 0.418 e. The molecule has 0 bridgehead atoms. The Morgan fingerprint density at radius 1 is 1.10 bits per heavy atom. The lowest BCUT2D eigenvalue weighted by atomic mass is 10.1. The molecule has 2 N–H and O–H groups in total. The largest absolute Gasteiger partial charge is 0.452 e. The second-order valence-electron chi connectivity index (χ2n) is 6.92. The number of nitrogens with one attached hydrogen (secondary N) is 2. The van der Waals surface area contributed by atoms with Gasteiger partial charge in [-0.05, 0) is 50.6 Å². The molecule has 0 saturated heterocycles. The second kappa shape index (κ2) is 9.48. The molecule has 0 aliphatic heterocycles. The Bertz CT molecular complexity index is 1080. The molecule has 0 fully saturated rings. The average molecular weight is 458 g/mol. The molecule has 2 aromatic rings. The van der Waals surface area contributed by atoms with Crippen molar-refractivity contribution in [3.63, 3.8) is 0 Å². The summed E-state index contributed by atoms with van der Waals surface area (Å²) >= 11 is 0. The molecule has 0 unspecified atom stereocenters. The maximum Gasteiger partial charge on any atom is 0.418 e. The van der Waals surface area contributed by atoms with Crippen molar-refractivity contribution in [1.82, 2.24) is 4.72 Å². The Morgan fingerprint density at radius 3 is 2.35 bits per heavy atom. The van der Waals surface area contributed by atoms with Gasteiger partial charge in [0.25, 0.3) is 5.91 Å². The lowest BCUT2D eigenvalue weighted by molar-refractivity contribution is -0.137. The van der Waals surface area contributed by atoms with Gasteiger partial charge in [-0.2, -0.15) is 13.2 Å². The summed E-state index contributed by atoms with van der Waals surface area (Å²) in [4.78, 5) is 24.2. The van der Waals surface area contributed by atoms with Crippen molar-refractivity contribution in [1.29, 1.82) is 0 Å². The highest BCUT2D eigenvalue weighted by Crippen LogP contribution is 2.34. The Kier molecular flexibility index (Phi) is 7.45. The standard InChI is InChI=1S/C20H21F3N2O5S/c1-12(2)25-31(28,29)14-9-8-13(3)15(10-14)19(27)30-11-18(26)24-17-7-5-4-6-16(17)20(21,22)23/h4-10,12,25H,11H2,1-3H3,(H,24,26). The molecule has 0 radical (unpaired) electrons. The second-order valence-corrected chi connectivity index (χ2v) is 8.63. The third-order valence-corrected chi connectivity index (χ3v) is 5.63. The highest BCUT2D eigenvalue weighted by atomic mass is 32.2. The predicted molar refractivity (Wildman–Crippen MR) is 107 cm³/mol. The van der Waals surface area contributed by atoms with Gasteiger partial charge in [-0.3, -0.25) is 4.79 Å². The van der Waals surface area contributed by atoms with Crippen LogP contribution in [0.1, 0.15) is 35.3 Å². The zero-order valence-corrected chi connectivity index (χ0v) is 17.7. The van der Waals surface area contributed by atoms with Gasteiger partial charge in [0, 0.05) is 6.04 Å². The van der Waals surface area contributed by atoms with E-state index in [9.17, 15) is 31.2 Å². The molecule has 0 spiro atoms. The van der Waals surface area contributed by atoms with Crippen LogP contribution in [0.15, 0.2) is 47.4 Å². The van der Waals surface area contributed by atoms with Gasteiger partial charge in [-0.15, -0.1) is 0 Å². The first-order chi connectivity index (χ1) is 14.3. The summed E-state index contributed by atoms with van der Waals surface area (Å²) in [6.07, 6.45) is -4.67. The molecule has 2 aromatic carbocycles. The number of carbonyl (C=O) groups is 2. The van der Waals surface area contributed by atoms with E-state index >= 15 is 0 Å². The predicted octanol–water partition coefficient (Wildman–Crippen LogP) is 3.50. The first-order valence-corrected chi connectivity index (χ1v) is 10.6. The van der Waals surface area contributed by atoms with Crippen molar-refractivity contribution >= 4 is 27.6 Å². The minimum absolute atomic E-state index is 0.0878. The first-order valence-electron chi connectivity index (χ1n) is 9.07. The van der Waals surface area contributed by atoms with Crippen LogP contribution < -0.4 is 10.0 Å². The molecule has 0 aliphatic carbocycles. The number of para-hydroxylation sites is 1. The van der Waals surface area contributed by atoms with Gasteiger partial charge in [-0.1, -0.05) is 18.2 Å². The number of hydrogen-bond donors (Lipinski definition) is 2. The number of sulfonamides is 1. The number of benzene rings is 2. The number of ether oxygens (including phenoxy) is 1. The number of carbonyl (C=O) groups excluding carboxylic acids is 2. The Labute approximate surface area is 177 Å². The van der Waals surface area contributed by atoms with E-state index in [0.717, 1.165) is 18.2 Å². The summed E-state index contributed by atoms with van der Waals surface area (Å²) in [5.41, 5.74) is -1.20. The van der Waals surface area contributed by atoms with Crippen LogP contribution in [0.5, 0.6) is 0 Å². The molecule has 2 rings (SSSR count). The maximum atomic E-state index is 13.0. The van der Waals surface area contributed by atoms with E-state index in [-0.39, 0.29) is 16.5 Å². The molecule has 31 heavy (non-hydrogen) atoms. The molecule has 11 heteroatoms. The van der Waals surface area contributed by atoms with E-state index < -0.39 is 45.9 Å². The average Bonchev–Trinajstić information content (AvgIpc) is 2.65. The quantitative estimate of drug-likeness (QED) is 0.619. The molecule has 168 valence electrons. The zero-order valence-electron chi connectivity index (χ0n) is 16.9. The van der Waals surface area contributed by atoms with Crippen LogP contribution in [-0.4, -0.2) is 32.9 Å². The third kappa shape index (κ3) is 6.53. The van der Waals surface area contributed by atoms with Gasteiger partial charge >= 0.3 is 12.1 Å². The summed E-state index contributed by atoms with van der Waals surface area (Å²) in [5, 5.41) is 2.05. The van der Waals surface area contributed by atoms with Crippen LogP contribution >= 0.6 is 0 Å².